The van der Waals surface area contributed by atoms with Crippen molar-refractivity contribution < 1.29 is 9.21 Å². The molecule has 192 valence electrons. The van der Waals surface area contributed by atoms with Gasteiger partial charge in [0.15, 0.2) is 5.57 Å². The Hall–Kier alpha value is -4.64. The summed E-state index contributed by atoms with van der Waals surface area (Å²) in [7, 11) is 0. The highest BCUT2D eigenvalue weighted by atomic mass is 35.5. The largest absolute Gasteiger partial charge is 0.457 e. The molecule has 0 aliphatic rings. The molecule has 0 radical (unpaired) electrons. The molecule has 0 fully saturated rings. The van der Waals surface area contributed by atoms with Gasteiger partial charge in [0.1, 0.15) is 22.3 Å². The maximum absolute atomic E-state index is 13.7. The molecule has 1 amide bonds. The van der Waals surface area contributed by atoms with Crippen LogP contribution in [0.15, 0.2) is 94.1 Å². The normalized spacial score (nSPS) is 12.2. The van der Waals surface area contributed by atoms with E-state index in [9.17, 15) is 14.9 Å². The lowest BCUT2D eigenvalue weighted by Gasteiger charge is -2.09. The minimum atomic E-state index is -0.595. The lowest BCUT2D eigenvalue weighted by atomic mass is 10.1. The van der Waals surface area contributed by atoms with Gasteiger partial charge in [-0.1, -0.05) is 54.1 Å². The number of benzene rings is 3. The Morgan fingerprint density at radius 2 is 1.77 bits per heavy atom. The molecule has 0 saturated carbocycles. The number of thiazole rings is 1. The van der Waals surface area contributed by atoms with Gasteiger partial charge in [0.05, 0.1) is 15.2 Å². The van der Waals surface area contributed by atoms with Crippen LogP contribution in [0.25, 0.3) is 28.7 Å². The van der Waals surface area contributed by atoms with Crippen LogP contribution < -0.4 is 20.1 Å². The summed E-state index contributed by atoms with van der Waals surface area (Å²) < 4.78 is 7.88. The van der Waals surface area contributed by atoms with E-state index in [4.69, 9.17) is 16.0 Å². The van der Waals surface area contributed by atoms with Crippen molar-refractivity contribution in [2.45, 2.75) is 13.8 Å². The van der Waals surface area contributed by atoms with Crippen molar-refractivity contribution in [3.63, 3.8) is 0 Å². The summed E-state index contributed by atoms with van der Waals surface area (Å²) in [5.41, 5.74) is 3.17. The van der Waals surface area contributed by atoms with Gasteiger partial charge in [0.2, 0.25) is 0 Å². The molecule has 0 bridgehead atoms. The van der Waals surface area contributed by atoms with Gasteiger partial charge in [-0.25, -0.2) is 0 Å². The molecular weight excluding hydrogens is 530 g/mol. The number of nitrogens with one attached hydrogen (secondary N) is 1. The van der Waals surface area contributed by atoms with Crippen LogP contribution in [0, 0.1) is 25.2 Å². The van der Waals surface area contributed by atoms with Crippen molar-refractivity contribution in [2.24, 2.45) is 0 Å². The second kappa shape index (κ2) is 11.0. The SMILES string of the molecule is Cc1ccc(C)c(NC(=O)C(C#N)=c2sc(=Cc3ccc(-c4ccccc4Cl)o3)c(=O)n2-c2ccccc2)c1. The fourth-order valence-electron chi connectivity index (χ4n) is 4.08. The number of aromatic nitrogens is 1. The van der Waals surface area contributed by atoms with Crippen LogP contribution >= 0.6 is 22.9 Å². The van der Waals surface area contributed by atoms with Gasteiger partial charge in [0, 0.05) is 17.3 Å². The highest BCUT2D eigenvalue weighted by molar-refractivity contribution is 7.07. The van der Waals surface area contributed by atoms with E-state index < -0.39 is 5.91 Å². The number of furan rings is 1. The number of rotatable bonds is 5. The summed E-state index contributed by atoms with van der Waals surface area (Å²) in [6, 6.07) is 27.5. The third-order valence-electron chi connectivity index (χ3n) is 6.07. The first-order valence-corrected chi connectivity index (χ1v) is 13.2. The number of amides is 1. The molecule has 2 aromatic heterocycles. The van der Waals surface area contributed by atoms with Crippen LogP contribution in [-0.2, 0) is 4.79 Å². The second-order valence-corrected chi connectivity index (χ2v) is 10.3. The minimum absolute atomic E-state index is 0.169. The minimum Gasteiger partial charge on any atom is -0.457 e. The number of carbonyl (C=O) groups excluding carboxylic acids is 1. The number of hydrogen-bond acceptors (Lipinski definition) is 5. The fourth-order valence-corrected chi connectivity index (χ4v) is 5.39. The lowest BCUT2D eigenvalue weighted by Crippen LogP contribution is -2.32. The molecule has 0 atom stereocenters. The topological polar surface area (TPSA) is 88.0 Å². The smallest absolute Gasteiger partial charge is 0.273 e. The highest BCUT2D eigenvalue weighted by Gasteiger charge is 2.18. The zero-order valence-corrected chi connectivity index (χ0v) is 22.6. The van der Waals surface area contributed by atoms with E-state index >= 15 is 0 Å². The summed E-state index contributed by atoms with van der Waals surface area (Å²) in [5.74, 6) is 0.403. The predicted molar refractivity (Wildman–Crippen MR) is 155 cm³/mol. The van der Waals surface area contributed by atoms with Crippen LogP contribution in [0.1, 0.15) is 16.9 Å². The number of halogens is 1. The number of para-hydroxylation sites is 1. The Kier molecular flexibility index (Phi) is 7.33. The second-order valence-electron chi connectivity index (χ2n) is 8.83. The van der Waals surface area contributed by atoms with E-state index in [1.165, 1.54) is 4.57 Å². The van der Waals surface area contributed by atoms with Gasteiger partial charge in [-0.3, -0.25) is 14.2 Å². The first-order valence-electron chi connectivity index (χ1n) is 12.0. The van der Waals surface area contributed by atoms with Crippen LogP contribution in [0.4, 0.5) is 5.69 Å². The van der Waals surface area contributed by atoms with Gasteiger partial charge in [-0.15, -0.1) is 11.3 Å². The highest BCUT2D eigenvalue weighted by Crippen LogP contribution is 2.29. The summed E-state index contributed by atoms with van der Waals surface area (Å²) in [6.45, 7) is 3.80. The Morgan fingerprint density at radius 3 is 2.51 bits per heavy atom. The average Bonchev–Trinajstić information content (AvgIpc) is 3.52. The number of nitrogens with zero attached hydrogens (tertiary/aromatic N) is 2. The van der Waals surface area contributed by atoms with Crippen molar-refractivity contribution in [1.82, 2.24) is 4.57 Å². The molecule has 0 saturated heterocycles. The first kappa shape index (κ1) is 26.0. The summed E-state index contributed by atoms with van der Waals surface area (Å²) in [6.07, 6.45) is 1.61. The Morgan fingerprint density at radius 1 is 1.03 bits per heavy atom. The van der Waals surface area contributed by atoms with Crippen LogP contribution in [0.2, 0.25) is 5.02 Å². The summed E-state index contributed by atoms with van der Waals surface area (Å²) >= 11 is 7.36. The Labute approximate surface area is 233 Å². The molecule has 0 aliphatic heterocycles. The van der Waals surface area contributed by atoms with Crippen LogP contribution in [0.3, 0.4) is 0 Å². The summed E-state index contributed by atoms with van der Waals surface area (Å²) in [5, 5.41) is 13.5. The summed E-state index contributed by atoms with van der Waals surface area (Å²) in [4.78, 5) is 27.0. The van der Waals surface area contributed by atoms with Gasteiger partial charge in [0.25, 0.3) is 11.5 Å². The predicted octanol–water partition coefficient (Wildman–Crippen LogP) is 5.57. The fraction of sp³-hybridized carbons (Fsp3) is 0.0645. The van der Waals surface area contributed by atoms with E-state index in [-0.39, 0.29) is 15.8 Å². The van der Waals surface area contributed by atoms with E-state index in [1.54, 1.807) is 48.5 Å². The zero-order valence-electron chi connectivity index (χ0n) is 21.1. The number of anilines is 1. The van der Waals surface area contributed by atoms with Gasteiger partial charge < -0.3 is 9.73 Å². The number of carbonyl (C=O) groups is 1. The van der Waals surface area contributed by atoms with Gasteiger partial charge >= 0.3 is 0 Å². The number of aryl methyl sites for hydroxylation is 2. The third-order valence-corrected chi connectivity index (χ3v) is 7.49. The Bertz CT molecular complexity index is 1930. The van der Waals surface area contributed by atoms with Crippen LogP contribution in [-0.4, -0.2) is 10.5 Å². The standard InChI is InChI=1S/C31H22ClN3O3S/c1-19-12-13-20(2)26(16-19)34-29(36)24(18-33)31-35(21-8-4-3-5-9-21)30(37)28(39-31)17-22-14-15-27(38-22)23-10-6-7-11-25(23)32/h3-17H,1-2H3,(H,34,36). The van der Waals surface area contributed by atoms with E-state index in [2.05, 4.69) is 5.32 Å². The molecule has 5 rings (SSSR count). The van der Waals surface area contributed by atoms with E-state index in [0.717, 1.165) is 28.0 Å². The number of hydrogen-bond donors (Lipinski definition) is 1. The molecule has 1 N–H and O–H groups in total. The van der Waals surface area contributed by atoms with Gasteiger partial charge in [-0.2, -0.15) is 5.26 Å². The molecule has 2 heterocycles. The first-order chi connectivity index (χ1) is 18.9. The van der Waals surface area contributed by atoms with Crippen molar-refractivity contribution in [2.75, 3.05) is 5.32 Å². The lowest BCUT2D eigenvalue weighted by molar-refractivity contribution is -0.111. The van der Waals surface area contributed by atoms with E-state index in [0.29, 0.717) is 32.5 Å². The molecule has 3 aromatic carbocycles. The number of nitriles is 1. The molecule has 8 heteroatoms. The third kappa shape index (κ3) is 5.34. The monoisotopic (exact) mass is 551 g/mol. The van der Waals surface area contributed by atoms with Crippen molar-refractivity contribution >= 4 is 46.2 Å². The maximum Gasteiger partial charge on any atom is 0.273 e. The molecular formula is C31H22ClN3O3S. The van der Waals surface area contributed by atoms with Gasteiger partial charge in [-0.05, 0) is 67.4 Å². The molecule has 0 aliphatic carbocycles. The molecule has 6 nitrogen and oxygen atoms in total. The zero-order chi connectivity index (χ0) is 27.5. The van der Waals surface area contributed by atoms with Crippen molar-refractivity contribution in [3.05, 3.63) is 126 Å². The average molecular weight is 552 g/mol. The molecule has 39 heavy (non-hydrogen) atoms. The molecule has 0 spiro atoms. The van der Waals surface area contributed by atoms with Crippen molar-refractivity contribution in [1.29, 1.82) is 5.26 Å². The molecule has 0 unspecified atom stereocenters. The quantitative estimate of drug-likeness (QED) is 0.309. The van der Waals surface area contributed by atoms with E-state index in [1.807, 2.05) is 62.4 Å². The molecule has 5 aromatic rings. The van der Waals surface area contributed by atoms with Crippen molar-refractivity contribution in [3.8, 4) is 23.1 Å². The maximum atomic E-state index is 13.7. The van der Waals surface area contributed by atoms with Crippen LogP contribution in [0.5, 0.6) is 0 Å². The Balaban J connectivity index is 1.67.